The summed E-state index contributed by atoms with van der Waals surface area (Å²) in [6.07, 6.45) is 9.45. The van der Waals surface area contributed by atoms with Gasteiger partial charge in [0, 0.05) is 25.7 Å². The number of piperidine rings is 1. The van der Waals surface area contributed by atoms with Gasteiger partial charge in [-0.2, -0.15) is 0 Å². The zero-order valence-corrected chi connectivity index (χ0v) is 12.7. The average Bonchev–Trinajstić information content (AvgIpc) is 2.46. The summed E-state index contributed by atoms with van der Waals surface area (Å²) >= 11 is 0. The molecule has 2 atom stereocenters. The normalized spacial score (nSPS) is 30.9. The highest BCUT2D eigenvalue weighted by Gasteiger charge is 2.43. The SMILES string of the molecule is CC(NC1CCOC2(CCC2)C1)C(=O)N1CCCCC1. The van der Waals surface area contributed by atoms with Crippen molar-refractivity contribution in [2.24, 2.45) is 0 Å². The number of hydrogen-bond donors (Lipinski definition) is 1. The molecule has 2 unspecified atom stereocenters. The highest BCUT2D eigenvalue weighted by atomic mass is 16.5. The van der Waals surface area contributed by atoms with Crippen LogP contribution in [0.3, 0.4) is 0 Å². The van der Waals surface area contributed by atoms with Crippen LogP contribution in [-0.2, 0) is 9.53 Å². The monoisotopic (exact) mass is 280 g/mol. The third kappa shape index (κ3) is 3.01. The fraction of sp³-hybridized carbons (Fsp3) is 0.938. The smallest absolute Gasteiger partial charge is 0.239 e. The van der Waals surface area contributed by atoms with E-state index in [1.807, 2.05) is 11.8 Å². The number of hydrogen-bond acceptors (Lipinski definition) is 3. The van der Waals surface area contributed by atoms with Crippen LogP contribution in [-0.4, -0.2) is 48.2 Å². The molecule has 20 heavy (non-hydrogen) atoms. The van der Waals surface area contributed by atoms with E-state index in [0.29, 0.717) is 11.9 Å². The van der Waals surface area contributed by atoms with Crippen LogP contribution in [0.25, 0.3) is 0 Å². The first-order valence-corrected chi connectivity index (χ1v) is 8.37. The van der Waals surface area contributed by atoms with Crippen molar-refractivity contribution >= 4 is 5.91 Å². The van der Waals surface area contributed by atoms with E-state index in [0.717, 1.165) is 32.5 Å². The van der Waals surface area contributed by atoms with Crippen LogP contribution in [0.5, 0.6) is 0 Å². The molecular weight excluding hydrogens is 252 g/mol. The number of ether oxygens (including phenoxy) is 1. The van der Waals surface area contributed by atoms with Gasteiger partial charge in [0.25, 0.3) is 0 Å². The minimum atomic E-state index is -0.0478. The average molecular weight is 280 g/mol. The first-order chi connectivity index (χ1) is 9.69. The molecule has 1 saturated carbocycles. The molecule has 1 aliphatic carbocycles. The van der Waals surface area contributed by atoms with Gasteiger partial charge in [-0.05, 0) is 58.3 Å². The number of amides is 1. The maximum absolute atomic E-state index is 12.4. The number of nitrogens with zero attached hydrogens (tertiary/aromatic N) is 1. The van der Waals surface area contributed by atoms with E-state index in [2.05, 4.69) is 5.32 Å². The largest absolute Gasteiger partial charge is 0.375 e. The molecule has 3 aliphatic rings. The summed E-state index contributed by atoms with van der Waals surface area (Å²) in [6.45, 7) is 4.77. The van der Waals surface area contributed by atoms with Crippen molar-refractivity contribution in [3.05, 3.63) is 0 Å². The van der Waals surface area contributed by atoms with E-state index in [1.54, 1.807) is 0 Å². The van der Waals surface area contributed by atoms with Gasteiger partial charge in [-0.1, -0.05) is 0 Å². The molecule has 0 bridgehead atoms. The Morgan fingerprint density at radius 2 is 2.00 bits per heavy atom. The van der Waals surface area contributed by atoms with Gasteiger partial charge in [-0.3, -0.25) is 4.79 Å². The Kier molecular flexibility index (Phi) is 4.32. The van der Waals surface area contributed by atoms with Gasteiger partial charge >= 0.3 is 0 Å². The van der Waals surface area contributed by atoms with Gasteiger partial charge in [0.1, 0.15) is 0 Å². The van der Waals surface area contributed by atoms with Crippen molar-refractivity contribution < 1.29 is 9.53 Å². The molecule has 2 saturated heterocycles. The Labute approximate surface area is 122 Å². The molecule has 0 aromatic carbocycles. The van der Waals surface area contributed by atoms with Crippen molar-refractivity contribution in [1.82, 2.24) is 10.2 Å². The van der Waals surface area contributed by atoms with Crippen LogP contribution in [0.4, 0.5) is 0 Å². The predicted octanol–water partition coefficient (Wildman–Crippen LogP) is 2.08. The Hall–Kier alpha value is -0.610. The molecule has 4 nitrogen and oxygen atoms in total. The lowest BCUT2D eigenvalue weighted by Crippen LogP contribution is -2.55. The summed E-state index contributed by atoms with van der Waals surface area (Å²) < 4.78 is 5.95. The van der Waals surface area contributed by atoms with Crippen molar-refractivity contribution in [2.45, 2.75) is 76.0 Å². The van der Waals surface area contributed by atoms with Gasteiger partial charge in [-0.25, -0.2) is 0 Å². The molecule has 3 rings (SSSR count). The molecular formula is C16H28N2O2. The number of nitrogens with one attached hydrogen (secondary N) is 1. The lowest BCUT2D eigenvalue weighted by Gasteiger charge is -2.47. The van der Waals surface area contributed by atoms with Gasteiger partial charge in [0.05, 0.1) is 11.6 Å². The molecule has 3 fully saturated rings. The first kappa shape index (κ1) is 14.3. The third-order valence-corrected chi connectivity index (χ3v) is 5.28. The fourth-order valence-corrected chi connectivity index (χ4v) is 3.90. The summed E-state index contributed by atoms with van der Waals surface area (Å²) in [4.78, 5) is 14.5. The molecule has 0 aromatic rings. The zero-order chi connectivity index (χ0) is 14.0. The van der Waals surface area contributed by atoms with Gasteiger partial charge in [0.2, 0.25) is 5.91 Å². The lowest BCUT2D eigenvalue weighted by atomic mass is 9.74. The van der Waals surface area contributed by atoms with Crippen LogP contribution in [0.1, 0.15) is 58.3 Å². The van der Waals surface area contributed by atoms with E-state index >= 15 is 0 Å². The quantitative estimate of drug-likeness (QED) is 0.860. The standard InChI is InChI=1S/C16H28N2O2/c1-13(15(19)18-9-3-2-4-10-18)17-14-6-11-20-16(12-14)7-5-8-16/h13-14,17H,2-12H2,1H3. The summed E-state index contributed by atoms with van der Waals surface area (Å²) in [5.41, 5.74) is 0.157. The molecule has 2 aliphatic heterocycles. The summed E-state index contributed by atoms with van der Waals surface area (Å²) in [6, 6.07) is 0.404. The van der Waals surface area contributed by atoms with Crippen LogP contribution < -0.4 is 5.32 Å². The molecule has 0 radical (unpaired) electrons. The van der Waals surface area contributed by atoms with Gasteiger partial charge in [0.15, 0.2) is 0 Å². The zero-order valence-electron chi connectivity index (χ0n) is 12.7. The molecule has 1 amide bonds. The Morgan fingerprint density at radius 3 is 2.65 bits per heavy atom. The second-order valence-corrected chi connectivity index (χ2v) is 6.85. The molecule has 1 N–H and O–H groups in total. The minimum absolute atomic E-state index is 0.0478. The molecule has 114 valence electrons. The molecule has 1 spiro atoms. The van der Waals surface area contributed by atoms with Crippen molar-refractivity contribution in [1.29, 1.82) is 0 Å². The van der Waals surface area contributed by atoms with Crippen LogP contribution in [0, 0.1) is 0 Å². The van der Waals surface area contributed by atoms with Crippen LogP contribution >= 0.6 is 0 Å². The predicted molar refractivity (Wildman–Crippen MR) is 78.6 cm³/mol. The van der Waals surface area contributed by atoms with E-state index in [4.69, 9.17) is 4.74 Å². The summed E-state index contributed by atoms with van der Waals surface area (Å²) in [5, 5.41) is 3.57. The lowest BCUT2D eigenvalue weighted by molar-refractivity contribution is -0.142. The Morgan fingerprint density at radius 1 is 1.25 bits per heavy atom. The number of carbonyl (C=O) groups is 1. The van der Waals surface area contributed by atoms with E-state index < -0.39 is 0 Å². The summed E-state index contributed by atoms with van der Waals surface area (Å²) in [7, 11) is 0. The minimum Gasteiger partial charge on any atom is -0.375 e. The highest BCUT2D eigenvalue weighted by molar-refractivity contribution is 5.81. The van der Waals surface area contributed by atoms with Gasteiger partial charge < -0.3 is 15.0 Å². The molecule has 0 aromatic heterocycles. The third-order valence-electron chi connectivity index (χ3n) is 5.28. The number of rotatable bonds is 3. The van der Waals surface area contributed by atoms with Crippen LogP contribution in [0.15, 0.2) is 0 Å². The van der Waals surface area contributed by atoms with Crippen molar-refractivity contribution in [3.8, 4) is 0 Å². The second-order valence-electron chi connectivity index (χ2n) is 6.85. The molecule has 2 heterocycles. The number of carbonyl (C=O) groups excluding carboxylic acids is 1. The highest BCUT2D eigenvalue weighted by Crippen LogP contribution is 2.42. The van der Waals surface area contributed by atoms with E-state index in [9.17, 15) is 4.79 Å². The van der Waals surface area contributed by atoms with Crippen LogP contribution in [0.2, 0.25) is 0 Å². The summed E-state index contributed by atoms with van der Waals surface area (Å²) in [5.74, 6) is 0.291. The molecule has 4 heteroatoms. The fourth-order valence-electron chi connectivity index (χ4n) is 3.90. The first-order valence-electron chi connectivity index (χ1n) is 8.37. The Bertz CT molecular complexity index is 348. The number of likely N-dealkylation sites (tertiary alicyclic amines) is 1. The van der Waals surface area contributed by atoms with Gasteiger partial charge in [-0.15, -0.1) is 0 Å². The Balaban J connectivity index is 1.50. The maximum atomic E-state index is 12.4. The second kappa shape index (κ2) is 6.02. The maximum Gasteiger partial charge on any atom is 0.239 e. The van der Waals surface area contributed by atoms with Crippen molar-refractivity contribution in [2.75, 3.05) is 19.7 Å². The van der Waals surface area contributed by atoms with Crippen molar-refractivity contribution in [3.63, 3.8) is 0 Å². The topological polar surface area (TPSA) is 41.6 Å². The van der Waals surface area contributed by atoms with E-state index in [1.165, 1.54) is 38.5 Å². The van der Waals surface area contributed by atoms with E-state index in [-0.39, 0.29) is 11.6 Å².